The highest BCUT2D eigenvalue weighted by molar-refractivity contribution is 6.00. The van der Waals surface area contributed by atoms with Crippen molar-refractivity contribution in [2.75, 3.05) is 18.4 Å². The van der Waals surface area contributed by atoms with Gasteiger partial charge in [0.1, 0.15) is 12.4 Å². The molecule has 1 amide bonds. The van der Waals surface area contributed by atoms with E-state index in [0.717, 1.165) is 59.4 Å². The van der Waals surface area contributed by atoms with Crippen molar-refractivity contribution in [3.8, 4) is 11.8 Å². The maximum Gasteiger partial charge on any atom is 0.253 e. The fraction of sp³-hybridized carbons (Fsp3) is 0.207. The van der Waals surface area contributed by atoms with Crippen LogP contribution >= 0.6 is 0 Å². The Morgan fingerprint density at radius 1 is 1.03 bits per heavy atom. The predicted molar refractivity (Wildman–Crippen MR) is 136 cm³/mol. The maximum absolute atomic E-state index is 12.8. The van der Waals surface area contributed by atoms with Crippen molar-refractivity contribution in [2.24, 2.45) is 0 Å². The van der Waals surface area contributed by atoms with Crippen LogP contribution in [0.2, 0.25) is 0 Å². The van der Waals surface area contributed by atoms with Crippen LogP contribution in [0.15, 0.2) is 79.0 Å². The number of likely N-dealkylation sites (tertiary alicyclic amines) is 1. The van der Waals surface area contributed by atoms with E-state index < -0.39 is 0 Å². The summed E-state index contributed by atoms with van der Waals surface area (Å²) in [5.74, 6) is 0.801. The Labute approximate surface area is 204 Å². The Morgan fingerprint density at radius 3 is 2.66 bits per heavy atom. The van der Waals surface area contributed by atoms with Crippen LogP contribution in [0.4, 0.5) is 5.69 Å². The highest BCUT2D eigenvalue weighted by atomic mass is 16.5. The van der Waals surface area contributed by atoms with Crippen molar-refractivity contribution >= 4 is 22.5 Å². The molecule has 6 heteroatoms. The maximum atomic E-state index is 12.8. The third-order valence-corrected chi connectivity index (χ3v) is 6.28. The highest BCUT2D eigenvalue weighted by Gasteiger charge is 2.20. The van der Waals surface area contributed by atoms with Crippen LogP contribution in [-0.4, -0.2) is 28.9 Å². The molecule has 0 radical (unpaired) electrons. The minimum absolute atomic E-state index is 0.0677. The number of aromatic nitrogens is 1. The number of nitrogens with one attached hydrogen (secondary N) is 1. The molecule has 1 N–H and O–H groups in total. The van der Waals surface area contributed by atoms with Crippen LogP contribution in [0.25, 0.3) is 10.9 Å². The SMILES string of the molecule is N#Cc1ccc(OCc2ccccc2)c(CNc2ccnc3cc(C(=O)N4CCCC4)ccc23)c1. The van der Waals surface area contributed by atoms with Gasteiger partial charge >= 0.3 is 0 Å². The molecule has 0 aliphatic carbocycles. The lowest BCUT2D eigenvalue weighted by Gasteiger charge is -2.16. The average Bonchev–Trinajstić information content (AvgIpc) is 3.46. The van der Waals surface area contributed by atoms with Gasteiger partial charge in [-0.05, 0) is 60.9 Å². The topological polar surface area (TPSA) is 78.2 Å². The van der Waals surface area contributed by atoms with E-state index >= 15 is 0 Å². The molecule has 35 heavy (non-hydrogen) atoms. The zero-order valence-corrected chi connectivity index (χ0v) is 19.4. The molecule has 0 bridgehead atoms. The van der Waals surface area contributed by atoms with E-state index in [4.69, 9.17) is 4.74 Å². The lowest BCUT2D eigenvalue weighted by atomic mass is 10.1. The highest BCUT2D eigenvalue weighted by Crippen LogP contribution is 2.27. The molecule has 0 spiro atoms. The van der Waals surface area contributed by atoms with E-state index in [1.165, 1.54) is 0 Å². The van der Waals surface area contributed by atoms with Crippen LogP contribution in [0.1, 0.15) is 39.9 Å². The Bertz CT molecular complexity index is 1390. The van der Waals surface area contributed by atoms with Gasteiger partial charge in [0.15, 0.2) is 0 Å². The fourth-order valence-electron chi connectivity index (χ4n) is 4.39. The van der Waals surface area contributed by atoms with E-state index in [1.807, 2.05) is 71.6 Å². The van der Waals surface area contributed by atoms with Gasteiger partial charge in [0.05, 0.1) is 17.1 Å². The van der Waals surface area contributed by atoms with Crippen LogP contribution in [0.5, 0.6) is 5.75 Å². The fourth-order valence-corrected chi connectivity index (χ4v) is 4.39. The second-order valence-corrected chi connectivity index (χ2v) is 8.65. The first-order valence-electron chi connectivity index (χ1n) is 11.8. The minimum Gasteiger partial charge on any atom is -0.489 e. The molecular weight excluding hydrogens is 436 g/mol. The summed E-state index contributed by atoms with van der Waals surface area (Å²) in [5, 5.41) is 13.8. The molecule has 4 aromatic rings. The van der Waals surface area contributed by atoms with E-state index in [0.29, 0.717) is 24.3 Å². The number of anilines is 1. The van der Waals surface area contributed by atoms with Crippen LogP contribution in [0, 0.1) is 11.3 Å². The van der Waals surface area contributed by atoms with Gasteiger partial charge in [0, 0.05) is 48.0 Å². The van der Waals surface area contributed by atoms with Gasteiger partial charge in [-0.2, -0.15) is 5.26 Å². The number of fused-ring (bicyclic) bond motifs is 1. The first-order valence-corrected chi connectivity index (χ1v) is 11.8. The number of hydrogen-bond donors (Lipinski definition) is 1. The minimum atomic E-state index is 0.0677. The summed E-state index contributed by atoms with van der Waals surface area (Å²) in [6.45, 7) is 2.57. The molecule has 0 unspecified atom stereocenters. The summed E-state index contributed by atoms with van der Waals surface area (Å²) >= 11 is 0. The third-order valence-electron chi connectivity index (χ3n) is 6.28. The Kier molecular flexibility index (Phi) is 6.58. The molecule has 0 atom stereocenters. The molecule has 5 rings (SSSR count). The van der Waals surface area contributed by atoms with Crippen molar-refractivity contribution in [3.63, 3.8) is 0 Å². The first-order chi connectivity index (χ1) is 17.2. The largest absolute Gasteiger partial charge is 0.489 e. The van der Waals surface area contributed by atoms with Gasteiger partial charge in [0.2, 0.25) is 0 Å². The summed E-state index contributed by atoms with van der Waals surface area (Å²) in [4.78, 5) is 19.2. The monoisotopic (exact) mass is 462 g/mol. The zero-order valence-electron chi connectivity index (χ0n) is 19.4. The molecular formula is C29H26N4O2. The van der Waals surface area contributed by atoms with Crippen molar-refractivity contribution in [1.29, 1.82) is 5.26 Å². The number of amides is 1. The Morgan fingerprint density at radius 2 is 1.86 bits per heavy atom. The third kappa shape index (κ3) is 5.10. The number of pyridine rings is 1. The summed E-state index contributed by atoms with van der Waals surface area (Å²) in [6, 6.07) is 25.3. The molecule has 1 fully saturated rings. The number of nitriles is 1. The summed E-state index contributed by atoms with van der Waals surface area (Å²) < 4.78 is 6.09. The molecule has 1 saturated heterocycles. The number of rotatable bonds is 7. The molecule has 1 aliphatic heterocycles. The number of benzene rings is 3. The van der Waals surface area contributed by atoms with Crippen LogP contribution in [-0.2, 0) is 13.2 Å². The van der Waals surface area contributed by atoms with Crippen molar-refractivity contribution in [2.45, 2.75) is 26.0 Å². The van der Waals surface area contributed by atoms with E-state index in [1.54, 1.807) is 12.3 Å². The van der Waals surface area contributed by atoms with Gasteiger partial charge in [-0.3, -0.25) is 9.78 Å². The molecule has 3 aromatic carbocycles. The van der Waals surface area contributed by atoms with E-state index in [-0.39, 0.29) is 5.91 Å². The first kappa shape index (κ1) is 22.4. The Hall–Kier alpha value is -4.37. The van der Waals surface area contributed by atoms with Crippen molar-refractivity contribution in [3.05, 3.63) is 101 Å². The molecule has 1 aromatic heterocycles. The predicted octanol–water partition coefficient (Wildman–Crippen LogP) is 5.53. The molecule has 174 valence electrons. The van der Waals surface area contributed by atoms with Gasteiger partial charge in [0.25, 0.3) is 5.91 Å². The summed E-state index contributed by atoms with van der Waals surface area (Å²) in [7, 11) is 0. The molecule has 2 heterocycles. The van der Waals surface area contributed by atoms with Crippen molar-refractivity contribution < 1.29 is 9.53 Å². The van der Waals surface area contributed by atoms with E-state index in [2.05, 4.69) is 16.4 Å². The lowest BCUT2D eigenvalue weighted by Crippen LogP contribution is -2.27. The number of carbonyl (C=O) groups is 1. The van der Waals surface area contributed by atoms with Gasteiger partial charge in [-0.15, -0.1) is 0 Å². The molecule has 1 aliphatic rings. The normalized spacial score (nSPS) is 12.9. The van der Waals surface area contributed by atoms with Gasteiger partial charge < -0.3 is 15.0 Å². The number of hydrogen-bond acceptors (Lipinski definition) is 5. The summed E-state index contributed by atoms with van der Waals surface area (Å²) in [5.41, 5.74) is 4.90. The Balaban J connectivity index is 1.35. The molecule has 0 saturated carbocycles. The molecule has 6 nitrogen and oxygen atoms in total. The second-order valence-electron chi connectivity index (χ2n) is 8.65. The number of ether oxygens (including phenoxy) is 1. The number of nitrogens with zero attached hydrogens (tertiary/aromatic N) is 3. The quantitative estimate of drug-likeness (QED) is 0.390. The van der Waals surface area contributed by atoms with Crippen molar-refractivity contribution in [1.82, 2.24) is 9.88 Å². The smallest absolute Gasteiger partial charge is 0.253 e. The van der Waals surface area contributed by atoms with Gasteiger partial charge in [-0.1, -0.05) is 30.3 Å². The lowest BCUT2D eigenvalue weighted by molar-refractivity contribution is 0.0793. The van der Waals surface area contributed by atoms with Crippen LogP contribution in [0.3, 0.4) is 0 Å². The number of carbonyl (C=O) groups excluding carboxylic acids is 1. The van der Waals surface area contributed by atoms with E-state index in [9.17, 15) is 10.1 Å². The average molecular weight is 463 g/mol. The van der Waals surface area contributed by atoms with Crippen LogP contribution < -0.4 is 10.1 Å². The zero-order chi connectivity index (χ0) is 24.0. The standard InChI is InChI=1S/C29H26N4O2/c30-18-22-8-11-28(35-20-21-6-2-1-3-7-21)24(16-22)19-32-26-12-13-31-27-17-23(9-10-25(26)27)29(34)33-14-4-5-15-33/h1-3,6-13,16-17H,4-5,14-15,19-20H2,(H,31,32). The second kappa shape index (κ2) is 10.3. The van der Waals surface area contributed by atoms with Gasteiger partial charge in [-0.25, -0.2) is 0 Å². The summed E-state index contributed by atoms with van der Waals surface area (Å²) in [6.07, 6.45) is 3.87.